The van der Waals surface area contributed by atoms with Gasteiger partial charge >= 0.3 is 6.18 Å². The highest BCUT2D eigenvalue weighted by Crippen LogP contribution is 2.38. The van der Waals surface area contributed by atoms with Gasteiger partial charge in [-0.3, -0.25) is 0 Å². The third-order valence-corrected chi connectivity index (χ3v) is 5.47. The van der Waals surface area contributed by atoms with Gasteiger partial charge in [-0.05, 0) is 50.9 Å². The SMILES string of the molecule is CCC1CCC(O)(CNC2CCCC(C(F)(F)F)C2)CC1. The number of rotatable bonds is 4. The molecule has 21 heavy (non-hydrogen) atoms. The van der Waals surface area contributed by atoms with Crippen molar-refractivity contribution in [2.75, 3.05) is 6.54 Å². The first-order valence-corrected chi connectivity index (χ1v) is 8.35. The fourth-order valence-electron chi connectivity index (χ4n) is 3.81. The fourth-order valence-corrected chi connectivity index (χ4v) is 3.81. The fraction of sp³-hybridized carbons (Fsp3) is 1.00. The zero-order chi connectivity index (χ0) is 15.5. The summed E-state index contributed by atoms with van der Waals surface area (Å²) < 4.78 is 38.4. The highest BCUT2D eigenvalue weighted by Gasteiger charge is 2.42. The maximum absolute atomic E-state index is 12.8. The van der Waals surface area contributed by atoms with Crippen LogP contribution in [0.2, 0.25) is 0 Å². The molecular weight excluding hydrogens is 279 g/mol. The van der Waals surface area contributed by atoms with Crippen molar-refractivity contribution in [3.05, 3.63) is 0 Å². The molecule has 124 valence electrons. The molecule has 2 nitrogen and oxygen atoms in total. The molecule has 2 fully saturated rings. The van der Waals surface area contributed by atoms with Gasteiger partial charge in [-0.25, -0.2) is 0 Å². The van der Waals surface area contributed by atoms with Crippen LogP contribution in [-0.4, -0.2) is 29.5 Å². The first-order valence-electron chi connectivity index (χ1n) is 8.35. The summed E-state index contributed by atoms with van der Waals surface area (Å²) in [5.41, 5.74) is -0.711. The normalized spacial score (nSPS) is 38.4. The minimum atomic E-state index is -4.07. The van der Waals surface area contributed by atoms with Gasteiger partial charge in [0.15, 0.2) is 0 Å². The predicted molar refractivity (Wildman–Crippen MR) is 77.0 cm³/mol. The Morgan fingerprint density at radius 1 is 1.14 bits per heavy atom. The van der Waals surface area contributed by atoms with Crippen molar-refractivity contribution in [2.24, 2.45) is 11.8 Å². The van der Waals surface area contributed by atoms with Crippen molar-refractivity contribution < 1.29 is 18.3 Å². The molecule has 0 spiro atoms. The molecule has 2 aliphatic rings. The third kappa shape index (κ3) is 4.85. The molecule has 0 aromatic heterocycles. The van der Waals surface area contributed by atoms with E-state index in [0.717, 1.165) is 38.5 Å². The van der Waals surface area contributed by atoms with Crippen LogP contribution in [0.25, 0.3) is 0 Å². The van der Waals surface area contributed by atoms with Gasteiger partial charge in [0.25, 0.3) is 0 Å². The number of aliphatic hydroxyl groups is 1. The maximum atomic E-state index is 12.8. The van der Waals surface area contributed by atoms with Crippen molar-refractivity contribution in [1.82, 2.24) is 5.32 Å². The van der Waals surface area contributed by atoms with Gasteiger partial charge in [-0.1, -0.05) is 19.8 Å². The summed E-state index contributed by atoms with van der Waals surface area (Å²) in [6, 6.07) is -0.0988. The molecule has 0 aliphatic heterocycles. The summed E-state index contributed by atoms with van der Waals surface area (Å²) in [6.07, 6.45) is 2.52. The summed E-state index contributed by atoms with van der Waals surface area (Å²) >= 11 is 0. The van der Waals surface area contributed by atoms with Crippen LogP contribution in [0.15, 0.2) is 0 Å². The average Bonchev–Trinajstić information content (AvgIpc) is 2.46. The van der Waals surface area contributed by atoms with Gasteiger partial charge in [0.1, 0.15) is 0 Å². The lowest BCUT2D eigenvalue weighted by Gasteiger charge is -2.38. The van der Waals surface area contributed by atoms with Crippen LogP contribution >= 0.6 is 0 Å². The molecule has 2 rings (SSSR count). The zero-order valence-corrected chi connectivity index (χ0v) is 12.9. The first-order chi connectivity index (χ1) is 9.82. The van der Waals surface area contributed by atoms with Crippen molar-refractivity contribution in [3.8, 4) is 0 Å². The van der Waals surface area contributed by atoms with Crippen LogP contribution in [0.4, 0.5) is 13.2 Å². The summed E-state index contributed by atoms with van der Waals surface area (Å²) in [7, 11) is 0. The van der Waals surface area contributed by atoms with E-state index in [9.17, 15) is 18.3 Å². The van der Waals surface area contributed by atoms with Gasteiger partial charge in [0, 0.05) is 12.6 Å². The Morgan fingerprint density at radius 3 is 2.38 bits per heavy atom. The number of alkyl halides is 3. The molecule has 0 bridgehead atoms. The smallest absolute Gasteiger partial charge is 0.389 e. The average molecular weight is 307 g/mol. The highest BCUT2D eigenvalue weighted by atomic mass is 19.4. The van der Waals surface area contributed by atoms with Crippen LogP contribution in [0, 0.1) is 11.8 Å². The van der Waals surface area contributed by atoms with Gasteiger partial charge < -0.3 is 10.4 Å². The molecule has 0 amide bonds. The molecule has 2 N–H and O–H groups in total. The van der Waals surface area contributed by atoms with Gasteiger partial charge in [0.05, 0.1) is 11.5 Å². The van der Waals surface area contributed by atoms with Gasteiger partial charge in [0.2, 0.25) is 0 Å². The Bertz CT molecular complexity index is 324. The lowest BCUT2D eigenvalue weighted by molar-refractivity contribution is -0.183. The number of hydrogen-bond donors (Lipinski definition) is 2. The van der Waals surface area contributed by atoms with E-state index in [-0.39, 0.29) is 18.9 Å². The lowest BCUT2D eigenvalue weighted by atomic mass is 9.77. The van der Waals surface area contributed by atoms with Crippen molar-refractivity contribution in [1.29, 1.82) is 0 Å². The predicted octanol–water partition coefficient (Wildman–Crippen LogP) is 4.03. The molecule has 0 aromatic carbocycles. The second kappa shape index (κ2) is 6.86. The molecule has 5 heteroatoms. The van der Waals surface area contributed by atoms with Gasteiger partial charge in [-0.2, -0.15) is 13.2 Å². The Hall–Kier alpha value is -0.290. The number of nitrogens with one attached hydrogen (secondary N) is 1. The molecule has 0 radical (unpaired) electrons. The molecule has 2 aliphatic carbocycles. The molecule has 2 atom stereocenters. The maximum Gasteiger partial charge on any atom is 0.391 e. The minimum Gasteiger partial charge on any atom is -0.389 e. The largest absolute Gasteiger partial charge is 0.391 e. The van der Waals surface area contributed by atoms with E-state index in [1.54, 1.807) is 0 Å². The number of hydrogen-bond acceptors (Lipinski definition) is 2. The van der Waals surface area contributed by atoms with Crippen LogP contribution in [-0.2, 0) is 0 Å². The van der Waals surface area contributed by atoms with E-state index in [0.29, 0.717) is 18.9 Å². The monoisotopic (exact) mass is 307 g/mol. The van der Waals surface area contributed by atoms with E-state index in [1.807, 2.05) is 0 Å². The van der Waals surface area contributed by atoms with Crippen molar-refractivity contribution in [2.45, 2.75) is 82.5 Å². The van der Waals surface area contributed by atoms with Crippen LogP contribution in [0.3, 0.4) is 0 Å². The summed E-state index contributed by atoms with van der Waals surface area (Å²) in [4.78, 5) is 0. The Morgan fingerprint density at radius 2 is 1.81 bits per heavy atom. The van der Waals surface area contributed by atoms with Gasteiger partial charge in [-0.15, -0.1) is 0 Å². The van der Waals surface area contributed by atoms with E-state index < -0.39 is 17.7 Å². The van der Waals surface area contributed by atoms with Crippen LogP contribution < -0.4 is 5.32 Å². The first kappa shape index (κ1) is 17.1. The van der Waals surface area contributed by atoms with E-state index >= 15 is 0 Å². The molecule has 2 saturated carbocycles. The molecular formula is C16H28F3NO. The highest BCUT2D eigenvalue weighted by molar-refractivity contribution is 4.90. The second-order valence-electron chi connectivity index (χ2n) is 7.06. The van der Waals surface area contributed by atoms with Crippen LogP contribution in [0.1, 0.15) is 64.7 Å². The Labute approximate surface area is 125 Å². The molecule has 2 unspecified atom stereocenters. The van der Waals surface area contributed by atoms with Crippen molar-refractivity contribution in [3.63, 3.8) is 0 Å². The Kier molecular flexibility index (Phi) is 5.58. The summed E-state index contributed by atoms with van der Waals surface area (Å²) in [5, 5.41) is 13.8. The molecule has 0 saturated heterocycles. The lowest BCUT2D eigenvalue weighted by Crippen LogP contribution is -2.48. The topological polar surface area (TPSA) is 32.3 Å². The third-order valence-electron chi connectivity index (χ3n) is 5.47. The quantitative estimate of drug-likeness (QED) is 0.822. The van der Waals surface area contributed by atoms with Crippen molar-refractivity contribution >= 4 is 0 Å². The summed E-state index contributed by atoms with van der Waals surface area (Å²) in [5.74, 6) is -0.469. The van der Waals surface area contributed by atoms with Crippen LogP contribution in [0.5, 0.6) is 0 Å². The summed E-state index contributed by atoms with van der Waals surface area (Å²) in [6.45, 7) is 2.62. The number of halogens is 3. The van der Waals surface area contributed by atoms with E-state index in [1.165, 1.54) is 0 Å². The minimum absolute atomic E-state index is 0.0988. The molecule has 0 heterocycles. The van der Waals surface area contributed by atoms with E-state index in [4.69, 9.17) is 0 Å². The molecule has 0 aromatic rings. The zero-order valence-electron chi connectivity index (χ0n) is 12.9. The second-order valence-corrected chi connectivity index (χ2v) is 7.06. The van der Waals surface area contributed by atoms with E-state index in [2.05, 4.69) is 12.2 Å². The Balaban J connectivity index is 1.77. The standard InChI is InChI=1S/C16H28F3NO/c1-2-12-6-8-15(21,9-7-12)11-20-14-5-3-4-13(10-14)16(17,18)19/h12-14,20-21H,2-11H2,1H3.